The second-order valence-corrected chi connectivity index (χ2v) is 8.90. The van der Waals surface area contributed by atoms with Crippen LogP contribution in [0.1, 0.15) is 0 Å². The molecule has 0 saturated carbocycles. The Kier molecular flexibility index (Phi) is 5.62. The molecule has 0 spiro atoms. The third kappa shape index (κ3) is 4.04. The highest BCUT2D eigenvalue weighted by atomic mass is 17.2. The van der Waals surface area contributed by atoms with Crippen molar-refractivity contribution >= 4 is 21.5 Å². The molecule has 6 aromatic carbocycles. The Morgan fingerprint density at radius 3 is 1.21 bits per heavy atom. The molecule has 6 heteroatoms. The molecule has 6 nitrogen and oxygen atoms in total. The molecule has 0 aromatic heterocycles. The van der Waals surface area contributed by atoms with Crippen molar-refractivity contribution in [3.63, 3.8) is 0 Å². The topological polar surface area (TPSA) is 99.4 Å². The number of hydrogen-bond acceptors (Lipinski definition) is 6. The molecule has 0 fully saturated rings. The van der Waals surface area contributed by atoms with Crippen LogP contribution in [0.25, 0.3) is 43.8 Å². The van der Waals surface area contributed by atoms with E-state index in [1.54, 1.807) is 12.1 Å². The Morgan fingerprint density at radius 2 is 0.789 bits per heavy atom. The standard InChI is InChI=1S/C32H22O6/c33-21-11-15-25(29(35)17-21)27-13-9-19-5-1-3-7-23(19)31(27)37-38-32-24-8-4-2-6-20(24)10-14-28(32)26-16-12-22(34)18-30(26)36/h1-18,33-36H. The van der Waals surface area contributed by atoms with Gasteiger partial charge < -0.3 is 20.4 Å². The Morgan fingerprint density at radius 1 is 0.395 bits per heavy atom. The van der Waals surface area contributed by atoms with Gasteiger partial charge in [0.15, 0.2) is 11.5 Å². The number of phenols is 4. The van der Waals surface area contributed by atoms with Gasteiger partial charge in [-0.1, -0.05) is 60.7 Å². The first-order valence-electron chi connectivity index (χ1n) is 11.9. The van der Waals surface area contributed by atoms with Crippen LogP contribution in [-0.4, -0.2) is 20.4 Å². The van der Waals surface area contributed by atoms with E-state index < -0.39 is 0 Å². The highest BCUT2D eigenvalue weighted by molar-refractivity contribution is 5.97. The minimum Gasteiger partial charge on any atom is -0.508 e. The lowest BCUT2D eigenvalue weighted by atomic mass is 9.98. The van der Waals surface area contributed by atoms with Gasteiger partial charge in [-0.2, -0.15) is 0 Å². The lowest BCUT2D eigenvalue weighted by molar-refractivity contribution is -0.0957. The Labute approximate surface area is 217 Å². The number of aromatic hydroxyl groups is 4. The molecule has 0 bridgehead atoms. The molecule has 0 atom stereocenters. The third-order valence-electron chi connectivity index (χ3n) is 6.51. The van der Waals surface area contributed by atoms with E-state index in [-0.39, 0.29) is 23.0 Å². The summed E-state index contributed by atoms with van der Waals surface area (Å²) in [6.45, 7) is 0. The molecule has 6 rings (SSSR count). The van der Waals surface area contributed by atoms with Gasteiger partial charge in [0.05, 0.1) is 0 Å². The summed E-state index contributed by atoms with van der Waals surface area (Å²) in [6, 6.07) is 31.5. The van der Waals surface area contributed by atoms with E-state index in [2.05, 4.69) is 0 Å². The monoisotopic (exact) mass is 502 g/mol. The van der Waals surface area contributed by atoms with Gasteiger partial charge in [0.2, 0.25) is 0 Å². The van der Waals surface area contributed by atoms with Crippen LogP contribution in [-0.2, 0) is 0 Å². The van der Waals surface area contributed by atoms with Gasteiger partial charge in [0.25, 0.3) is 0 Å². The highest BCUT2D eigenvalue weighted by Crippen LogP contribution is 2.45. The summed E-state index contributed by atoms with van der Waals surface area (Å²) in [5.74, 6) is 0.422. The first-order chi connectivity index (χ1) is 18.5. The van der Waals surface area contributed by atoms with Crippen LogP contribution < -0.4 is 9.78 Å². The average Bonchev–Trinajstić information content (AvgIpc) is 2.92. The fourth-order valence-electron chi connectivity index (χ4n) is 4.67. The molecule has 186 valence electrons. The fourth-order valence-corrected chi connectivity index (χ4v) is 4.67. The largest absolute Gasteiger partial charge is 0.508 e. The molecule has 0 amide bonds. The van der Waals surface area contributed by atoms with Crippen LogP contribution in [0, 0.1) is 0 Å². The minimum absolute atomic E-state index is 0.0557. The summed E-state index contributed by atoms with van der Waals surface area (Å²) in [5.41, 5.74) is 2.05. The van der Waals surface area contributed by atoms with Gasteiger partial charge in [-0.15, -0.1) is 0 Å². The summed E-state index contributed by atoms with van der Waals surface area (Å²) in [7, 11) is 0. The van der Waals surface area contributed by atoms with Crippen molar-refractivity contribution in [3.05, 3.63) is 109 Å². The summed E-state index contributed by atoms with van der Waals surface area (Å²) in [4.78, 5) is 12.2. The molecule has 6 aromatic rings. The van der Waals surface area contributed by atoms with Crippen LogP contribution in [0.5, 0.6) is 34.5 Å². The van der Waals surface area contributed by atoms with Gasteiger partial charge in [-0.25, -0.2) is 0 Å². The van der Waals surface area contributed by atoms with E-state index in [1.807, 2.05) is 72.8 Å². The van der Waals surface area contributed by atoms with Crippen LogP contribution >= 0.6 is 0 Å². The lowest BCUT2D eigenvalue weighted by Gasteiger charge is -2.17. The lowest BCUT2D eigenvalue weighted by Crippen LogP contribution is -2.04. The Hall–Kier alpha value is -5.36. The zero-order valence-corrected chi connectivity index (χ0v) is 20.0. The second kappa shape index (κ2) is 9.26. The number of fused-ring (bicyclic) bond motifs is 2. The van der Waals surface area contributed by atoms with Crippen LogP contribution in [0.3, 0.4) is 0 Å². The Bertz CT molecular complexity index is 1690. The molecule has 0 unspecified atom stereocenters. The maximum atomic E-state index is 10.6. The van der Waals surface area contributed by atoms with Crippen molar-refractivity contribution in [2.24, 2.45) is 0 Å². The first kappa shape index (κ1) is 23.1. The molecule has 0 saturated heterocycles. The first-order valence-corrected chi connectivity index (χ1v) is 11.9. The molecule has 0 heterocycles. The highest BCUT2D eigenvalue weighted by Gasteiger charge is 2.20. The zero-order chi connectivity index (χ0) is 26.2. The Balaban J connectivity index is 1.53. The van der Waals surface area contributed by atoms with Crippen molar-refractivity contribution in [1.29, 1.82) is 0 Å². The van der Waals surface area contributed by atoms with Crippen molar-refractivity contribution < 1.29 is 30.2 Å². The maximum absolute atomic E-state index is 10.6. The predicted octanol–water partition coefficient (Wildman–Crippen LogP) is 7.52. The summed E-state index contributed by atoms with van der Waals surface area (Å²) in [5, 5.41) is 44.1. The van der Waals surface area contributed by atoms with Crippen LogP contribution in [0.15, 0.2) is 109 Å². The van der Waals surface area contributed by atoms with E-state index in [0.29, 0.717) is 33.8 Å². The van der Waals surface area contributed by atoms with E-state index >= 15 is 0 Å². The number of benzene rings is 6. The SMILES string of the molecule is Oc1ccc(-c2ccc3ccccc3c2OOc2c(-c3ccc(O)cc3O)ccc3ccccc23)c(O)c1. The van der Waals surface area contributed by atoms with E-state index in [4.69, 9.17) is 9.78 Å². The molecule has 38 heavy (non-hydrogen) atoms. The number of phenolic OH excluding ortho intramolecular Hbond substituents is 4. The van der Waals surface area contributed by atoms with Gasteiger partial charge in [0, 0.05) is 45.2 Å². The fraction of sp³-hybridized carbons (Fsp3) is 0. The molecule has 0 aliphatic heterocycles. The maximum Gasteiger partial charge on any atom is 0.194 e. The quantitative estimate of drug-likeness (QED) is 0.144. The van der Waals surface area contributed by atoms with Crippen LogP contribution in [0.4, 0.5) is 0 Å². The van der Waals surface area contributed by atoms with Crippen molar-refractivity contribution in [2.75, 3.05) is 0 Å². The van der Waals surface area contributed by atoms with E-state index in [9.17, 15) is 20.4 Å². The molecule has 0 aliphatic rings. The molecular formula is C32H22O6. The zero-order valence-electron chi connectivity index (χ0n) is 20.0. The van der Waals surface area contributed by atoms with Gasteiger partial charge in [-0.3, -0.25) is 9.78 Å². The van der Waals surface area contributed by atoms with Gasteiger partial charge >= 0.3 is 0 Å². The van der Waals surface area contributed by atoms with E-state index in [0.717, 1.165) is 21.5 Å². The van der Waals surface area contributed by atoms with Crippen molar-refractivity contribution in [1.82, 2.24) is 0 Å². The summed E-state index contributed by atoms with van der Waals surface area (Å²) in [6.07, 6.45) is 0. The smallest absolute Gasteiger partial charge is 0.194 e. The molecular weight excluding hydrogens is 480 g/mol. The number of hydrogen-bond donors (Lipinski definition) is 4. The summed E-state index contributed by atoms with van der Waals surface area (Å²) < 4.78 is 0. The number of rotatable bonds is 5. The minimum atomic E-state index is -0.106. The second-order valence-electron chi connectivity index (χ2n) is 8.90. The summed E-state index contributed by atoms with van der Waals surface area (Å²) >= 11 is 0. The van der Waals surface area contributed by atoms with Gasteiger partial charge in [-0.05, 0) is 47.2 Å². The average molecular weight is 503 g/mol. The van der Waals surface area contributed by atoms with Crippen molar-refractivity contribution in [2.45, 2.75) is 0 Å². The third-order valence-corrected chi connectivity index (χ3v) is 6.51. The van der Waals surface area contributed by atoms with Gasteiger partial charge in [0.1, 0.15) is 23.0 Å². The predicted molar refractivity (Wildman–Crippen MR) is 147 cm³/mol. The van der Waals surface area contributed by atoms with E-state index in [1.165, 1.54) is 24.3 Å². The normalized spacial score (nSPS) is 11.1. The van der Waals surface area contributed by atoms with Crippen LogP contribution in [0.2, 0.25) is 0 Å². The molecule has 0 radical (unpaired) electrons. The molecule has 4 N–H and O–H groups in total. The molecule has 0 aliphatic carbocycles. The van der Waals surface area contributed by atoms with Crippen molar-refractivity contribution in [3.8, 4) is 56.8 Å².